The molecule has 0 radical (unpaired) electrons. The number of benzene rings is 1. The zero-order chi connectivity index (χ0) is 12.2. The minimum atomic E-state index is 0. The second-order valence-corrected chi connectivity index (χ2v) is 4.53. The number of nitrogens with one attached hydrogen (secondary N) is 1. The molecule has 1 fully saturated rings. The van der Waals surface area contributed by atoms with Crippen molar-refractivity contribution < 1.29 is 4.74 Å². The van der Waals surface area contributed by atoms with E-state index in [9.17, 15) is 0 Å². The van der Waals surface area contributed by atoms with E-state index in [0.717, 1.165) is 30.0 Å². The van der Waals surface area contributed by atoms with Gasteiger partial charge in [-0.2, -0.15) is 0 Å². The number of pyridine rings is 1. The van der Waals surface area contributed by atoms with Crippen LogP contribution in [0.25, 0.3) is 11.1 Å². The Morgan fingerprint density at radius 3 is 2.63 bits per heavy atom. The SMILES string of the molecule is Cl.c1ccc(-c2cncc(OC[C@@H]3CCN3)c2)cc1. The highest BCUT2D eigenvalue weighted by atomic mass is 35.5. The maximum absolute atomic E-state index is 5.75. The summed E-state index contributed by atoms with van der Waals surface area (Å²) in [6.07, 6.45) is 4.83. The highest BCUT2D eigenvalue weighted by Crippen LogP contribution is 2.22. The van der Waals surface area contributed by atoms with E-state index in [2.05, 4.69) is 22.4 Å². The molecular weight excluding hydrogens is 260 g/mol. The van der Waals surface area contributed by atoms with Crippen molar-refractivity contribution in [3.8, 4) is 16.9 Å². The van der Waals surface area contributed by atoms with E-state index in [-0.39, 0.29) is 12.4 Å². The third-order valence-electron chi connectivity index (χ3n) is 3.20. The summed E-state index contributed by atoms with van der Waals surface area (Å²) < 4.78 is 5.75. The predicted octanol–water partition coefficient (Wildman–Crippen LogP) is 2.91. The normalized spacial score (nSPS) is 17.2. The molecule has 3 rings (SSSR count). The first kappa shape index (κ1) is 13.8. The average molecular weight is 277 g/mol. The lowest BCUT2D eigenvalue weighted by molar-refractivity contribution is 0.217. The molecule has 2 heterocycles. The number of halogens is 1. The van der Waals surface area contributed by atoms with Crippen LogP contribution in [0.3, 0.4) is 0 Å². The maximum atomic E-state index is 5.75. The summed E-state index contributed by atoms with van der Waals surface area (Å²) in [5, 5.41) is 3.32. The number of hydrogen-bond donors (Lipinski definition) is 1. The molecule has 0 amide bonds. The molecule has 0 aliphatic carbocycles. The Morgan fingerprint density at radius 1 is 1.16 bits per heavy atom. The lowest BCUT2D eigenvalue weighted by atomic mass is 10.1. The van der Waals surface area contributed by atoms with Crippen LogP contribution in [0.4, 0.5) is 0 Å². The first-order chi connectivity index (χ1) is 8.92. The first-order valence-electron chi connectivity index (χ1n) is 6.28. The van der Waals surface area contributed by atoms with Crippen LogP contribution >= 0.6 is 12.4 Å². The summed E-state index contributed by atoms with van der Waals surface area (Å²) in [6.45, 7) is 1.83. The molecule has 3 nitrogen and oxygen atoms in total. The van der Waals surface area contributed by atoms with Gasteiger partial charge in [0.15, 0.2) is 0 Å². The van der Waals surface area contributed by atoms with Gasteiger partial charge in [0.1, 0.15) is 12.4 Å². The smallest absolute Gasteiger partial charge is 0.138 e. The maximum Gasteiger partial charge on any atom is 0.138 e. The van der Waals surface area contributed by atoms with Crippen LogP contribution in [0.1, 0.15) is 6.42 Å². The highest BCUT2D eigenvalue weighted by molar-refractivity contribution is 5.85. The minimum absolute atomic E-state index is 0. The second kappa shape index (κ2) is 6.55. The van der Waals surface area contributed by atoms with Gasteiger partial charge in [-0.15, -0.1) is 12.4 Å². The topological polar surface area (TPSA) is 34.1 Å². The summed E-state index contributed by atoms with van der Waals surface area (Å²) in [5.74, 6) is 0.838. The van der Waals surface area contributed by atoms with Crippen LogP contribution < -0.4 is 10.1 Å². The fraction of sp³-hybridized carbons (Fsp3) is 0.267. The Morgan fingerprint density at radius 2 is 1.95 bits per heavy atom. The zero-order valence-electron chi connectivity index (χ0n) is 10.6. The number of ether oxygens (including phenoxy) is 1. The van der Waals surface area contributed by atoms with Crippen LogP contribution in [-0.2, 0) is 0 Å². The molecule has 100 valence electrons. The van der Waals surface area contributed by atoms with Gasteiger partial charge in [-0.3, -0.25) is 4.98 Å². The van der Waals surface area contributed by atoms with Gasteiger partial charge in [-0.1, -0.05) is 30.3 Å². The Kier molecular flexibility index (Phi) is 4.77. The van der Waals surface area contributed by atoms with Crippen LogP contribution in [0.2, 0.25) is 0 Å². The van der Waals surface area contributed by atoms with E-state index < -0.39 is 0 Å². The molecule has 0 spiro atoms. The third-order valence-corrected chi connectivity index (χ3v) is 3.20. The minimum Gasteiger partial charge on any atom is -0.490 e. The lowest BCUT2D eigenvalue weighted by Gasteiger charge is -2.27. The van der Waals surface area contributed by atoms with Crippen LogP contribution in [0, 0.1) is 0 Å². The van der Waals surface area contributed by atoms with Crippen LogP contribution in [0.5, 0.6) is 5.75 Å². The van der Waals surface area contributed by atoms with Gasteiger partial charge < -0.3 is 10.1 Å². The Labute approximate surface area is 119 Å². The van der Waals surface area contributed by atoms with Crippen molar-refractivity contribution in [2.45, 2.75) is 12.5 Å². The van der Waals surface area contributed by atoms with Crippen LogP contribution in [0.15, 0.2) is 48.8 Å². The van der Waals surface area contributed by atoms with Gasteiger partial charge in [0.2, 0.25) is 0 Å². The Bertz CT molecular complexity index is 515. The fourth-order valence-corrected chi connectivity index (χ4v) is 1.97. The summed E-state index contributed by atoms with van der Waals surface area (Å²) in [7, 11) is 0. The van der Waals surface area contributed by atoms with E-state index in [0.29, 0.717) is 6.04 Å². The van der Waals surface area contributed by atoms with Gasteiger partial charge in [0.05, 0.1) is 6.20 Å². The number of hydrogen-bond acceptors (Lipinski definition) is 3. The quantitative estimate of drug-likeness (QED) is 0.932. The zero-order valence-corrected chi connectivity index (χ0v) is 11.4. The monoisotopic (exact) mass is 276 g/mol. The largest absolute Gasteiger partial charge is 0.490 e. The molecule has 2 aromatic rings. The molecule has 1 saturated heterocycles. The molecule has 19 heavy (non-hydrogen) atoms. The standard InChI is InChI=1S/C15H16N2O.ClH/c1-2-4-12(5-3-1)13-8-15(10-16-9-13)18-11-14-6-7-17-14;/h1-5,8-10,14,17H,6-7,11H2;1H/t14-;/m0./s1. The Hall–Kier alpha value is -1.58. The van der Waals surface area contributed by atoms with Crippen LogP contribution in [-0.4, -0.2) is 24.2 Å². The van der Waals surface area contributed by atoms with Gasteiger partial charge in [0, 0.05) is 17.8 Å². The first-order valence-corrected chi connectivity index (χ1v) is 6.28. The average Bonchev–Trinajstić information content (AvgIpc) is 2.38. The molecule has 1 N–H and O–H groups in total. The molecule has 1 aliphatic rings. The fourth-order valence-electron chi connectivity index (χ4n) is 1.97. The van der Waals surface area contributed by atoms with Gasteiger partial charge in [0.25, 0.3) is 0 Å². The molecule has 0 unspecified atom stereocenters. The third kappa shape index (κ3) is 3.46. The second-order valence-electron chi connectivity index (χ2n) is 4.53. The summed E-state index contributed by atoms with van der Waals surface area (Å²) >= 11 is 0. The summed E-state index contributed by atoms with van der Waals surface area (Å²) in [5.41, 5.74) is 2.26. The van der Waals surface area contributed by atoms with E-state index in [1.165, 1.54) is 6.42 Å². The van der Waals surface area contributed by atoms with Crippen molar-refractivity contribution >= 4 is 12.4 Å². The van der Waals surface area contributed by atoms with Gasteiger partial charge in [-0.05, 0) is 24.6 Å². The lowest BCUT2D eigenvalue weighted by Crippen LogP contribution is -2.46. The van der Waals surface area contributed by atoms with Crippen molar-refractivity contribution in [2.75, 3.05) is 13.2 Å². The highest BCUT2D eigenvalue weighted by Gasteiger charge is 2.16. The van der Waals surface area contributed by atoms with E-state index in [1.807, 2.05) is 30.5 Å². The summed E-state index contributed by atoms with van der Waals surface area (Å²) in [4.78, 5) is 4.24. The van der Waals surface area contributed by atoms with Crippen molar-refractivity contribution in [2.24, 2.45) is 0 Å². The van der Waals surface area contributed by atoms with Gasteiger partial charge >= 0.3 is 0 Å². The summed E-state index contributed by atoms with van der Waals surface area (Å²) in [6, 6.07) is 12.8. The molecule has 1 aromatic carbocycles. The molecule has 0 saturated carbocycles. The Balaban J connectivity index is 0.00000133. The van der Waals surface area contributed by atoms with E-state index in [1.54, 1.807) is 6.20 Å². The van der Waals surface area contributed by atoms with Crippen molar-refractivity contribution in [1.29, 1.82) is 0 Å². The molecular formula is C15H17ClN2O. The van der Waals surface area contributed by atoms with Gasteiger partial charge in [-0.25, -0.2) is 0 Å². The molecule has 4 heteroatoms. The number of rotatable bonds is 4. The molecule has 1 aliphatic heterocycles. The number of aromatic nitrogens is 1. The predicted molar refractivity (Wildman–Crippen MR) is 78.8 cm³/mol. The van der Waals surface area contributed by atoms with Crippen molar-refractivity contribution in [1.82, 2.24) is 10.3 Å². The van der Waals surface area contributed by atoms with E-state index in [4.69, 9.17) is 4.74 Å². The van der Waals surface area contributed by atoms with Crippen molar-refractivity contribution in [3.63, 3.8) is 0 Å². The molecule has 1 atom stereocenters. The molecule has 0 bridgehead atoms. The molecule has 1 aromatic heterocycles. The van der Waals surface area contributed by atoms with E-state index >= 15 is 0 Å². The number of nitrogens with zero attached hydrogens (tertiary/aromatic N) is 1. The van der Waals surface area contributed by atoms with Crippen molar-refractivity contribution in [3.05, 3.63) is 48.8 Å².